The summed E-state index contributed by atoms with van der Waals surface area (Å²) in [4.78, 5) is 11.0. The van der Waals surface area contributed by atoms with Crippen molar-refractivity contribution in [3.8, 4) is 0 Å². The lowest BCUT2D eigenvalue weighted by Crippen LogP contribution is -2.46. The van der Waals surface area contributed by atoms with Crippen LogP contribution in [-0.4, -0.2) is 43.3 Å². The Hall–Kier alpha value is -1.69. The maximum absolute atomic E-state index is 5.13. The van der Waals surface area contributed by atoms with Gasteiger partial charge in [-0.2, -0.15) is 0 Å². The fraction of sp³-hybridized carbons (Fsp3) is 0.412. The van der Waals surface area contributed by atoms with Crippen LogP contribution in [0.5, 0.6) is 0 Å². The minimum atomic E-state index is 0. The highest BCUT2D eigenvalue weighted by atomic mass is 35.5. The first-order valence-corrected chi connectivity index (χ1v) is 7.69. The Morgan fingerprint density at radius 3 is 2.78 bits per heavy atom. The number of halogens is 1. The summed E-state index contributed by atoms with van der Waals surface area (Å²) in [6.45, 7) is 3.60. The summed E-state index contributed by atoms with van der Waals surface area (Å²) in [5.74, 6) is 0.942. The molecule has 1 aliphatic heterocycles. The molecule has 1 aromatic heterocycles. The number of nitrogens with one attached hydrogen (secondary N) is 1. The normalized spacial score (nSPS) is 17.6. The lowest BCUT2D eigenvalue weighted by atomic mass is 10.0. The highest BCUT2D eigenvalue weighted by Gasteiger charge is 2.24. The standard InChI is InChI=1S/C17H22N4O.ClH/c1-22-11-6-14-2-4-15(5-3-14)16-12-19-9-10-21(16)17-13-18-7-8-20-17;/h2-5,7-8,13,16,19H,6,9-12H2,1H3;1H. The van der Waals surface area contributed by atoms with Crippen molar-refractivity contribution in [3.05, 3.63) is 54.0 Å². The fourth-order valence-corrected chi connectivity index (χ4v) is 2.84. The topological polar surface area (TPSA) is 50.3 Å². The first-order chi connectivity index (χ1) is 10.9. The van der Waals surface area contributed by atoms with Crippen LogP contribution in [0.15, 0.2) is 42.9 Å². The van der Waals surface area contributed by atoms with E-state index < -0.39 is 0 Å². The molecule has 23 heavy (non-hydrogen) atoms. The lowest BCUT2D eigenvalue weighted by Gasteiger charge is -2.37. The predicted octanol–water partition coefficient (Wildman–Crippen LogP) is 2.24. The number of aromatic nitrogens is 2. The second-order valence-corrected chi connectivity index (χ2v) is 5.46. The predicted molar refractivity (Wildman–Crippen MR) is 94.3 cm³/mol. The van der Waals surface area contributed by atoms with Crippen molar-refractivity contribution in [1.82, 2.24) is 15.3 Å². The van der Waals surface area contributed by atoms with Gasteiger partial charge in [-0.3, -0.25) is 4.98 Å². The summed E-state index contributed by atoms with van der Waals surface area (Å²) in [6.07, 6.45) is 6.26. The summed E-state index contributed by atoms with van der Waals surface area (Å²) in [5, 5.41) is 3.47. The van der Waals surface area contributed by atoms with Gasteiger partial charge in [0.1, 0.15) is 5.82 Å². The smallest absolute Gasteiger partial charge is 0.147 e. The van der Waals surface area contributed by atoms with Crippen molar-refractivity contribution in [3.63, 3.8) is 0 Å². The number of ether oxygens (including phenoxy) is 1. The zero-order chi connectivity index (χ0) is 15.2. The van der Waals surface area contributed by atoms with Crippen molar-refractivity contribution in [1.29, 1.82) is 0 Å². The molecule has 1 aliphatic rings. The number of anilines is 1. The molecular weight excluding hydrogens is 312 g/mol. The van der Waals surface area contributed by atoms with Crippen molar-refractivity contribution < 1.29 is 4.74 Å². The third kappa shape index (κ3) is 4.41. The van der Waals surface area contributed by atoms with E-state index in [4.69, 9.17) is 4.74 Å². The molecular formula is C17H23ClN4O. The Labute approximate surface area is 143 Å². The van der Waals surface area contributed by atoms with E-state index >= 15 is 0 Å². The average Bonchev–Trinajstić information content (AvgIpc) is 2.61. The molecule has 124 valence electrons. The molecule has 1 atom stereocenters. The second-order valence-electron chi connectivity index (χ2n) is 5.46. The SMILES string of the molecule is COCCc1ccc(C2CNCCN2c2cnccn2)cc1.Cl. The van der Waals surface area contributed by atoms with Gasteiger partial charge in [0.05, 0.1) is 18.8 Å². The van der Waals surface area contributed by atoms with E-state index in [2.05, 4.69) is 44.5 Å². The fourth-order valence-electron chi connectivity index (χ4n) is 2.84. The Bertz CT molecular complexity index is 579. The largest absolute Gasteiger partial charge is 0.384 e. The third-order valence-corrected chi connectivity index (χ3v) is 4.05. The zero-order valence-electron chi connectivity index (χ0n) is 13.3. The van der Waals surface area contributed by atoms with Gasteiger partial charge >= 0.3 is 0 Å². The summed E-state index contributed by atoms with van der Waals surface area (Å²) in [6, 6.07) is 9.11. The molecule has 1 aromatic carbocycles. The van der Waals surface area contributed by atoms with Gasteiger partial charge in [-0.15, -0.1) is 12.4 Å². The van der Waals surface area contributed by atoms with Gasteiger partial charge in [-0.1, -0.05) is 24.3 Å². The Balaban J connectivity index is 0.00000192. The Morgan fingerprint density at radius 2 is 2.09 bits per heavy atom. The second kappa shape index (κ2) is 8.82. The van der Waals surface area contributed by atoms with E-state index in [9.17, 15) is 0 Å². The van der Waals surface area contributed by atoms with Crippen molar-refractivity contribution >= 4 is 18.2 Å². The number of rotatable bonds is 5. The molecule has 1 unspecified atom stereocenters. The Morgan fingerprint density at radius 1 is 1.26 bits per heavy atom. The molecule has 0 amide bonds. The van der Waals surface area contributed by atoms with E-state index in [0.717, 1.165) is 38.5 Å². The maximum Gasteiger partial charge on any atom is 0.147 e. The van der Waals surface area contributed by atoms with Crippen LogP contribution in [0.1, 0.15) is 17.2 Å². The molecule has 0 aliphatic carbocycles. The first kappa shape index (κ1) is 17.7. The minimum absolute atomic E-state index is 0. The number of nitrogens with zero attached hydrogens (tertiary/aromatic N) is 3. The molecule has 2 heterocycles. The molecule has 1 saturated heterocycles. The van der Waals surface area contributed by atoms with Crippen LogP contribution < -0.4 is 10.2 Å². The quantitative estimate of drug-likeness (QED) is 0.908. The summed E-state index contributed by atoms with van der Waals surface area (Å²) in [5.41, 5.74) is 2.61. The zero-order valence-corrected chi connectivity index (χ0v) is 14.1. The number of benzene rings is 1. The van der Waals surface area contributed by atoms with Crippen LogP contribution in [0.4, 0.5) is 5.82 Å². The van der Waals surface area contributed by atoms with E-state index in [-0.39, 0.29) is 12.4 Å². The van der Waals surface area contributed by atoms with E-state index in [1.165, 1.54) is 11.1 Å². The van der Waals surface area contributed by atoms with Gasteiger partial charge in [-0.05, 0) is 17.5 Å². The summed E-state index contributed by atoms with van der Waals surface area (Å²) in [7, 11) is 1.74. The first-order valence-electron chi connectivity index (χ1n) is 7.69. The molecule has 3 rings (SSSR count). The number of methoxy groups -OCH3 is 1. The van der Waals surface area contributed by atoms with Gasteiger partial charge in [0.2, 0.25) is 0 Å². The van der Waals surface area contributed by atoms with Gasteiger partial charge in [0.25, 0.3) is 0 Å². The van der Waals surface area contributed by atoms with Gasteiger partial charge < -0.3 is 15.0 Å². The molecule has 1 fully saturated rings. The van der Waals surface area contributed by atoms with Crippen LogP contribution in [0.2, 0.25) is 0 Å². The van der Waals surface area contributed by atoms with Crippen molar-refractivity contribution in [2.45, 2.75) is 12.5 Å². The van der Waals surface area contributed by atoms with Gasteiger partial charge in [-0.25, -0.2) is 4.98 Å². The highest BCUT2D eigenvalue weighted by Crippen LogP contribution is 2.26. The number of hydrogen-bond donors (Lipinski definition) is 1. The average molecular weight is 335 g/mol. The van der Waals surface area contributed by atoms with Gasteiger partial charge in [0.15, 0.2) is 0 Å². The lowest BCUT2D eigenvalue weighted by molar-refractivity contribution is 0.202. The van der Waals surface area contributed by atoms with Crippen molar-refractivity contribution in [2.24, 2.45) is 0 Å². The van der Waals surface area contributed by atoms with Crippen LogP contribution in [0.3, 0.4) is 0 Å². The van der Waals surface area contributed by atoms with Crippen LogP contribution in [0.25, 0.3) is 0 Å². The maximum atomic E-state index is 5.13. The molecule has 6 heteroatoms. The molecule has 5 nitrogen and oxygen atoms in total. The van der Waals surface area contributed by atoms with Crippen LogP contribution in [0, 0.1) is 0 Å². The summed E-state index contributed by atoms with van der Waals surface area (Å²) >= 11 is 0. The monoisotopic (exact) mass is 334 g/mol. The van der Waals surface area contributed by atoms with E-state index in [1.54, 1.807) is 19.5 Å². The molecule has 0 spiro atoms. The van der Waals surface area contributed by atoms with Crippen LogP contribution >= 0.6 is 12.4 Å². The highest BCUT2D eigenvalue weighted by molar-refractivity contribution is 5.85. The van der Waals surface area contributed by atoms with E-state index in [0.29, 0.717) is 6.04 Å². The third-order valence-electron chi connectivity index (χ3n) is 4.05. The molecule has 0 saturated carbocycles. The number of piperazine rings is 1. The molecule has 0 bridgehead atoms. The minimum Gasteiger partial charge on any atom is -0.384 e. The number of hydrogen-bond acceptors (Lipinski definition) is 5. The van der Waals surface area contributed by atoms with Gasteiger partial charge in [0, 0.05) is 39.1 Å². The molecule has 0 radical (unpaired) electrons. The molecule has 2 aromatic rings. The summed E-state index contributed by atoms with van der Waals surface area (Å²) < 4.78 is 5.13. The molecule has 1 N–H and O–H groups in total. The van der Waals surface area contributed by atoms with Crippen LogP contribution in [-0.2, 0) is 11.2 Å². The van der Waals surface area contributed by atoms with Crippen molar-refractivity contribution in [2.75, 3.05) is 38.3 Å². The Kier molecular flexibility index (Phi) is 6.77. The van der Waals surface area contributed by atoms with E-state index in [1.807, 2.05) is 6.20 Å².